The van der Waals surface area contributed by atoms with Crippen LogP contribution in [0.25, 0.3) is 0 Å². The maximum atomic E-state index is 2.37. The lowest BCUT2D eigenvalue weighted by Gasteiger charge is -2.24. The van der Waals surface area contributed by atoms with E-state index < -0.39 is 0 Å². The van der Waals surface area contributed by atoms with Crippen LogP contribution in [-0.4, -0.2) is 19.0 Å². The van der Waals surface area contributed by atoms with E-state index in [9.17, 15) is 0 Å². The Balaban J connectivity index is 2.03. The maximum Gasteiger partial charge on any atom is 0.0342 e. The standard InChI is InChI=1S/C22H39N/c1-4-5-6-7-8-9-10-11-12-13-17-20-22(23(2)3)21-18-15-14-16-19-21/h14-16,18-19,22H,4-13,17,20H2,1-3H3. The number of benzene rings is 1. The van der Waals surface area contributed by atoms with E-state index in [1.54, 1.807) is 0 Å². The second-order valence-corrected chi connectivity index (χ2v) is 7.21. The lowest BCUT2D eigenvalue weighted by molar-refractivity contribution is 0.276. The quantitative estimate of drug-likeness (QED) is 0.334. The first kappa shape index (κ1) is 20.2. The van der Waals surface area contributed by atoms with E-state index in [0.717, 1.165) is 0 Å². The van der Waals surface area contributed by atoms with Gasteiger partial charge in [0.1, 0.15) is 0 Å². The van der Waals surface area contributed by atoms with Gasteiger partial charge in [0.05, 0.1) is 0 Å². The van der Waals surface area contributed by atoms with Gasteiger partial charge in [0.15, 0.2) is 0 Å². The summed E-state index contributed by atoms with van der Waals surface area (Å²) in [5, 5.41) is 0. The molecule has 0 fully saturated rings. The van der Waals surface area contributed by atoms with E-state index in [2.05, 4.69) is 56.3 Å². The summed E-state index contributed by atoms with van der Waals surface area (Å²) >= 11 is 0. The van der Waals surface area contributed by atoms with Crippen molar-refractivity contribution < 1.29 is 0 Å². The molecule has 1 atom stereocenters. The topological polar surface area (TPSA) is 3.24 Å². The molecular formula is C22H39N. The van der Waals surface area contributed by atoms with Crippen LogP contribution in [0.4, 0.5) is 0 Å². The number of unbranched alkanes of at least 4 members (excludes halogenated alkanes) is 10. The number of nitrogens with zero attached hydrogens (tertiary/aromatic N) is 1. The van der Waals surface area contributed by atoms with Gasteiger partial charge in [0.25, 0.3) is 0 Å². The lowest BCUT2D eigenvalue weighted by atomic mass is 9.98. The zero-order valence-electron chi connectivity index (χ0n) is 15.9. The van der Waals surface area contributed by atoms with Crippen LogP contribution in [0.1, 0.15) is 95.6 Å². The molecule has 0 bridgehead atoms. The monoisotopic (exact) mass is 317 g/mol. The fourth-order valence-corrected chi connectivity index (χ4v) is 3.40. The first-order valence-corrected chi connectivity index (χ1v) is 9.97. The fraction of sp³-hybridized carbons (Fsp3) is 0.727. The summed E-state index contributed by atoms with van der Waals surface area (Å²) < 4.78 is 0. The summed E-state index contributed by atoms with van der Waals surface area (Å²) in [7, 11) is 4.41. The van der Waals surface area contributed by atoms with Gasteiger partial charge in [0.2, 0.25) is 0 Å². The van der Waals surface area contributed by atoms with Crippen LogP contribution in [0.15, 0.2) is 30.3 Å². The molecule has 132 valence electrons. The molecule has 1 nitrogen and oxygen atoms in total. The Bertz CT molecular complexity index is 357. The number of rotatable bonds is 14. The summed E-state index contributed by atoms with van der Waals surface area (Å²) in [6.07, 6.45) is 16.9. The van der Waals surface area contributed by atoms with Crippen molar-refractivity contribution in [3.63, 3.8) is 0 Å². The Hall–Kier alpha value is -0.820. The predicted octanol–water partition coefficient (Wildman–Crippen LogP) is 6.99. The minimum absolute atomic E-state index is 0.578. The molecule has 1 aromatic rings. The van der Waals surface area contributed by atoms with Crippen LogP contribution >= 0.6 is 0 Å². The largest absolute Gasteiger partial charge is 0.302 e. The van der Waals surface area contributed by atoms with Gasteiger partial charge >= 0.3 is 0 Å². The average molecular weight is 318 g/mol. The first-order chi connectivity index (χ1) is 11.3. The second-order valence-electron chi connectivity index (χ2n) is 7.21. The van der Waals surface area contributed by atoms with Gasteiger partial charge in [0, 0.05) is 6.04 Å². The Kier molecular flexibility index (Phi) is 12.0. The van der Waals surface area contributed by atoms with Gasteiger partial charge in [-0.15, -0.1) is 0 Å². The van der Waals surface area contributed by atoms with Crippen molar-refractivity contribution in [3.8, 4) is 0 Å². The Morgan fingerprint density at radius 3 is 1.65 bits per heavy atom. The molecule has 1 heteroatoms. The van der Waals surface area contributed by atoms with E-state index in [1.807, 2.05) is 0 Å². The molecule has 0 aliphatic carbocycles. The molecule has 0 spiro atoms. The van der Waals surface area contributed by atoms with Crippen LogP contribution < -0.4 is 0 Å². The van der Waals surface area contributed by atoms with Gasteiger partial charge in [-0.3, -0.25) is 0 Å². The van der Waals surface area contributed by atoms with E-state index >= 15 is 0 Å². The van der Waals surface area contributed by atoms with Crippen molar-refractivity contribution >= 4 is 0 Å². The van der Waals surface area contributed by atoms with Crippen molar-refractivity contribution in [1.82, 2.24) is 4.90 Å². The Morgan fingerprint density at radius 1 is 0.696 bits per heavy atom. The predicted molar refractivity (Wildman–Crippen MR) is 104 cm³/mol. The molecule has 23 heavy (non-hydrogen) atoms. The third kappa shape index (κ3) is 9.81. The summed E-state index contributed by atoms with van der Waals surface area (Å²) in [5.74, 6) is 0. The van der Waals surface area contributed by atoms with Crippen LogP contribution in [0.2, 0.25) is 0 Å². The van der Waals surface area contributed by atoms with Crippen molar-refractivity contribution in [2.45, 2.75) is 90.0 Å². The van der Waals surface area contributed by atoms with Crippen LogP contribution in [0.3, 0.4) is 0 Å². The molecule has 1 unspecified atom stereocenters. The van der Waals surface area contributed by atoms with Crippen LogP contribution in [0, 0.1) is 0 Å². The van der Waals surface area contributed by atoms with Crippen molar-refractivity contribution in [3.05, 3.63) is 35.9 Å². The normalized spacial score (nSPS) is 12.7. The number of hydrogen-bond donors (Lipinski definition) is 0. The highest BCUT2D eigenvalue weighted by Gasteiger charge is 2.12. The van der Waals surface area contributed by atoms with E-state index in [-0.39, 0.29) is 0 Å². The fourth-order valence-electron chi connectivity index (χ4n) is 3.40. The van der Waals surface area contributed by atoms with Gasteiger partial charge in [-0.2, -0.15) is 0 Å². The Labute approximate surface area is 145 Å². The zero-order chi connectivity index (χ0) is 16.8. The highest BCUT2D eigenvalue weighted by molar-refractivity contribution is 5.18. The molecule has 0 amide bonds. The maximum absolute atomic E-state index is 2.37. The van der Waals surface area contributed by atoms with Crippen LogP contribution in [0.5, 0.6) is 0 Å². The van der Waals surface area contributed by atoms with Crippen molar-refractivity contribution in [2.75, 3.05) is 14.1 Å². The highest BCUT2D eigenvalue weighted by Crippen LogP contribution is 2.24. The third-order valence-electron chi connectivity index (χ3n) is 4.89. The molecule has 1 rings (SSSR count). The molecule has 0 saturated carbocycles. The smallest absolute Gasteiger partial charge is 0.0342 e. The zero-order valence-corrected chi connectivity index (χ0v) is 15.9. The SMILES string of the molecule is CCCCCCCCCCCCCC(c1ccccc1)N(C)C. The Morgan fingerprint density at radius 2 is 1.17 bits per heavy atom. The lowest BCUT2D eigenvalue weighted by Crippen LogP contribution is -2.19. The van der Waals surface area contributed by atoms with Gasteiger partial charge in [-0.05, 0) is 26.1 Å². The van der Waals surface area contributed by atoms with Gasteiger partial charge in [-0.1, -0.05) is 108 Å². The molecule has 0 saturated heterocycles. The molecular weight excluding hydrogens is 278 g/mol. The summed E-state index contributed by atoms with van der Waals surface area (Å²) in [5.41, 5.74) is 1.46. The molecule has 0 aromatic heterocycles. The van der Waals surface area contributed by atoms with Crippen molar-refractivity contribution in [2.24, 2.45) is 0 Å². The third-order valence-corrected chi connectivity index (χ3v) is 4.89. The van der Waals surface area contributed by atoms with Crippen LogP contribution in [-0.2, 0) is 0 Å². The summed E-state index contributed by atoms with van der Waals surface area (Å²) in [6, 6.07) is 11.5. The molecule has 0 heterocycles. The second kappa shape index (κ2) is 13.6. The molecule has 0 radical (unpaired) electrons. The minimum atomic E-state index is 0.578. The van der Waals surface area contributed by atoms with E-state index in [4.69, 9.17) is 0 Å². The highest BCUT2D eigenvalue weighted by atomic mass is 15.1. The summed E-state index contributed by atoms with van der Waals surface area (Å²) in [6.45, 7) is 2.29. The van der Waals surface area contributed by atoms with E-state index in [0.29, 0.717) is 6.04 Å². The van der Waals surface area contributed by atoms with Gasteiger partial charge in [-0.25, -0.2) is 0 Å². The molecule has 0 N–H and O–H groups in total. The molecule has 1 aromatic carbocycles. The average Bonchev–Trinajstić information content (AvgIpc) is 2.56. The minimum Gasteiger partial charge on any atom is -0.302 e. The van der Waals surface area contributed by atoms with Crippen molar-refractivity contribution in [1.29, 1.82) is 0 Å². The molecule has 0 aliphatic rings. The molecule has 0 aliphatic heterocycles. The van der Waals surface area contributed by atoms with Gasteiger partial charge < -0.3 is 4.90 Å². The first-order valence-electron chi connectivity index (χ1n) is 9.97. The number of hydrogen-bond acceptors (Lipinski definition) is 1. The summed E-state index contributed by atoms with van der Waals surface area (Å²) in [4.78, 5) is 2.37. The van der Waals surface area contributed by atoms with E-state index in [1.165, 1.54) is 82.6 Å².